The van der Waals surface area contributed by atoms with Crippen LogP contribution in [0, 0.1) is 11.3 Å². The summed E-state index contributed by atoms with van der Waals surface area (Å²) in [4.78, 5) is 13.7. The number of nitrogens with zero attached hydrogens (tertiary/aromatic N) is 2. The molecule has 6 aromatic rings. The fourth-order valence-electron chi connectivity index (χ4n) is 7.21. The number of fused-ring (bicyclic) bond motifs is 6. The zero-order valence-corrected chi connectivity index (χ0v) is 27.8. The molecule has 1 N–H and O–H groups in total. The summed E-state index contributed by atoms with van der Waals surface area (Å²) < 4.78 is 2.40. The van der Waals surface area contributed by atoms with Crippen molar-refractivity contribution in [1.29, 1.82) is 5.26 Å². The Morgan fingerprint density at radius 2 is 1.48 bits per heavy atom. The van der Waals surface area contributed by atoms with Crippen molar-refractivity contribution in [2.24, 2.45) is 0 Å². The molecule has 1 aliphatic carbocycles. The number of hydrogen-bond donors (Lipinski definition) is 1. The third kappa shape index (κ3) is 4.43. The Bertz CT molecular complexity index is 2290. The smallest absolute Gasteiger partial charge is 0.346 e. The Morgan fingerprint density at radius 3 is 2.24 bits per heavy atom. The number of para-hydroxylation sites is 1. The van der Waals surface area contributed by atoms with Gasteiger partial charge < -0.3 is 9.67 Å². The van der Waals surface area contributed by atoms with E-state index < -0.39 is 11.4 Å². The molecule has 228 valence electrons. The van der Waals surface area contributed by atoms with Crippen molar-refractivity contribution in [1.82, 2.24) is 4.57 Å². The number of nitriles is 1. The summed E-state index contributed by atoms with van der Waals surface area (Å²) in [6, 6.07) is 37.2. The van der Waals surface area contributed by atoms with E-state index in [2.05, 4.69) is 129 Å². The molecule has 0 atom stereocenters. The topological polar surface area (TPSA) is 66.0 Å². The van der Waals surface area contributed by atoms with Crippen molar-refractivity contribution < 1.29 is 9.90 Å². The van der Waals surface area contributed by atoms with E-state index in [9.17, 15) is 15.2 Å². The van der Waals surface area contributed by atoms with Gasteiger partial charge in [0.15, 0.2) is 0 Å². The number of aromatic nitrogens is 1. The number of benzene rings is 4. The van der Waals surface area contributed by atoms with Crippen molar-refractivity contribution in [3.8, 4) is 22.9 Å². The van der Waals surface area contributed by atoms with Gasteiger partial charge in [-0.25, -0.2) is 4.79 Å². The van der Waals surface area contributed by atoms with Gasteiger partial charge in [-0.1, -0.05) is 96.1 Å². The third-order valence-corrected chi connectivity index (χ3v) is 11.7. The number of thiophene rings is 1. The maximum atomic E-state index is 11.5. The summed E-state index contributed by atoms with van der Waals surface area (Å²) in [5.41, 5.74) is 8.88. The van der Waals surface area contributed by atoms with Crippen molar-refractivity contribution in [2.75, 3.05) is 0 Å². The third-order valence-electron chi connectivity index (χ3n) is 9.93. The SMILES string of the molecule is CC(C)(/C=C(\C#N)C(=O)O)c1ccc(C(C)(C)c2ccc3c(c2)c2ccccc2n3-c2ccc3c(c2)C(C)(C)c2ccccc2-3)s1. The molecular weight excluding hydrogens is 585 g/mol. The second kappa shape index (κ2) is 10.3. The molecule has 1 aliphatic rings. The standard InChI is InChI=1S/C41H36N2O2S/c1-39(2,23-25(24-42)38(44)45)36-19-20-37(46-36)40(3,4)26-15-18-35-31(21-26)30-12-8-10-14-34(30)43(35)27-16-17-29-28-11-7-9-13-32(28)41(5,6)33(29)22-27/h7-23H,1-6H3,(H,44,45)/b25-23+. The second-order valence-electron chi connectivity index (χ2n) is 14.0. The lowest BCUT2D eigenvalue weighted by atomic mass is 9.82. The number of carboxylic acids is 1. The quantitative estimate of drug-likeness (QED) is 0.149. The Hall–Kier alpha value is -4.92. The van der Waals surface area contributed by atoms with Crippen LogP contribution in [0.5, 0.6) is 0 Å². The minimum absolute atomic E-state index is 0.0778. The lowest BCUT2D eigenvalue weighted by molar-refractivity contribution is -0.132. The number of carboxylic acid groups (broad SMARTS) is 1. The van der Waals surface area contributed by atoms with Crippen LogP contribution < -0.4 is 0 Å². The van der Waals surface area contributed by atoms with Gasteiger partial charge in [-0.05, 0) is 76.4 Å². The fourth-order valence-corrected chi connectivity index (χ4v) is 8.41. The second-order valence-corrected chi connectivity index (χ2v) is 15.1. The lowest BCUT2D eigenvalue weighted by Crippen LogP contribution is -2.17. The predicted octanol–water partition coefficient (Wildman–Crippen LogP) is 10.3. The molecular formula is C41H36N2O2S. The van der Waals surface area contributed by atoms with Crippen molar-refractivity contribution in [2.45, 2.75) is 57.8 Å². The van der Waals surface area contributed by atoms with Crippen molar-refractivity contribution >= 4 is 39.1 Å². The number of carbonyl (C=O) groups is 1. The maximum Gasteiger partial charge on any atom is 0.346 e. The summed E-state index contributed by atoms with van der Waals surface area (Å²) in [5.74, 6) is -1.20. The lowest BCUT2D eigenvalue weighted by Gasteiger charge is -2.25. The van der Waals surface area contributed by atoms with Gasteiger partial charge in [-0.2, -0.15) is 5.26 Å². The molecule has 46 heavy (non-hydrogen) atoms. The summed E-state index contributed by atoms with van der Waals surface area (Å²) in [5, 5.41) is 21.2. The zero-order valence-electron chi connectivity index (χ0n) is 27.0. The molecule has 2 aromatic heterocycles. The Kier molecular flexibility index (Phi) is 6.67. The van der Waals surface area contributed by atoms with E-state index in [-0.39, 0.29) is 16.4 Å². The van der Waals surface area contributed by atoms with Crippen LogP contribution in [-0.4, -0.2) is 15.6 Å². The zero-order chi connectivity index (χ0) is 32.6. The Balaban J connectivity index is 1.33. The van der Waals surface area contributed by atoms with Gasteiger partial charge in [0.05, 0.1) is 11.0 Å². The molecule has 2 heterocycles. The van der Waals surface area contributed by atoms with Crippen LogP contribution in [0.25, 0.3) is 38.6 Å². The predicted molar refractivity (Wildman–Crippen MR) is 189 cm³/mol. The van der Waals surface area contributed by atoms with Gasteiger partial charge in [0.2, 0.25) is 0 Å². The van der Waals surface area contributed by atoms with Crippen LogP contribution >= 0.6 is 11.3 Å². The Morgan fingerprint density at radius 1 is 0.804 bits per heavy atom. The largest absolute Gasteiger partial charge is 0.477 e. The molecule has 0 bridgehead atoms. The molecule has 0 fully saturated rings. The molecule has 0 spiro atoms. The molecule has 0 saturated carbocycles. The first-order chi connectivity index (χ1) is 21.8. The van der Waals surface area contributed by atoms with Crippen LogP contribution in [0.1, 0.15) is 68.0 Å². The van der Waals surface area contributed by atoms with E-state index >= 15 is 0 Å². The number of aliphatic carboxylic acids is 1. The van der Waals surface area contributed by atoms with E-state index in [0.717, 1.165) is 10.6 Å². The normalized spacial score (nSPS) is 14.3. The minimum Gasteiger partial charge on any atom is -0.477 e. The summed E-state index contributed by atoms with van der Waals surface area (Å²) in [7, 11) is 0. The molecule has 4 nitrogen and oxygen atoms in total. The first kappa shape index (κ1) is 29.8. The molecule has 4 aromatic carbocycles. The van der Waals surface area contributed by atoms with Crippen LogP contribution in [0.2, 0.25) is 0 Å². The van der Waals surface area contributed by atoms with E-state index in [1.165, 1.54) is 54.5 Å². The summed E-state index contributed by atoms with van der Waals surface area (Å²) in [6.45, 7) is 13.0. The highest BCUT2D eigenvalue weighted by molar-refractivity contribution is 7.12. The number of allylic oxidation sites excluding steroid dienone is 1. The van der Waals surface area contributed by atoms with E-state index in [1.807, 2.05) is 19.9 Å². The fraction of sp³-hybridized carbons (Fsp3) is 0.220. The highest BCUT2D eigenvalue weighted by Gasteiger charge is 2.35. The maximum absolute atomic E-state index is 11.5. The molecule has 0 saturated heterocycles. The van der Waals surface area contributed by atoms with Gasteiger partial charge in [0, 0.05) is 42.5 Å². The van der Waals surface area contributed by atoms with Gasteiger partial charge in [-0.3, -0.25) is 0 Å². The van der Waals surface area contributed by atoms with E-state index in [4.69, 9.17) is 0 Å². The molecule has 0 amide bonds. The van der Waals surface area contributed by atoms with Crippen LogP contribution in [-0.2, 0) is 21.0 Å². The van der Waals surface area contributed by atoms with Gasteiger partial charge in [0.1, 0.15) is 11.6 Å². The first-order valence-corrected chi connectivity index (χ1v) is 16.4. The molecule has 5 heteroatoms. The van der Waals surface area contributed by atoms with Crippen LogP contribution in [0.3, 0.4) is 0 Å². The van der Waals surface area contributed by atoms with Gasteiger partial charge in [-0.15, -0.1) is 11.3 Å². The summed E-state index contributed by atoms with van der Waals surface area (Å²) >= 11 is 1.67. The van der Waals surface area contributed by atoms with E-state index in [1.54, 1.807) is 17.4 Å². The van der Waals surface area contributed by atoms with Crippen molar-refractivity contribution in [3.05, 3.63) is 135 Å². The highest BCUT2D eigenvalue weighted by atomic mass is 32.1. The molecule has 0 radical (unpaired) electrons. The van der Waals surface area contributed by atoms with Crippen LogP contribution in [0.15, 0.2) is 109 Å². The monoisotopic (exact) mass is 620 g/mol. The number of hydrogen-bond acceptors (Lipinski definition) is 3. The first-order valence-electron chi connectivity index (χ1n) is 15.6. The highest BCUT2D eigenvalue weighted by Crippen LogP contribution is 2.49. The minimum atomic E-state index is -1.20. The summed E-state index contributed by atoms with van der Waals surface area (Å²) in [6.07, 6.45) is 1.55. The molecule has 0 unspecified atom stereocenters. The van der Waals surface area contributed by atoms with Crippen molar-refractivity contribution in [3.63, 3.8) is 0 Å². The molecule has 7 rings (SSSR count). The average Bonchev–Trinajstić information content (AvgIpc) is 3.73. The number of rotatable bonds is 6. The molecule has 0 aliphatic heterocycles. The Labute approximate surface area is 273 Å². The average molecular weight is 621 g/mol. The van der Waals surface area contributed by atoms with E-state index in [0.29, 0.717) is 0 Å². The van der Waals surface area contributed by atoms with Crippen LogP contribution in [0.4, 0.5) is 0 Å². The van der Waals surface area contributed by atoms with Gasteiger partial charge in [0.25, 0.3) is 0 Å². The van der Waals surface area contributed by atoms with Gasteiger partial charge >= 0.3 is 5.97 Å².